The van der Waals surface area contributed by atoms with Crippen molar-refractivity contribution >= 4 is 0 Å². The SMILES string of the molecule is Cc1cc(CCCN)nc(C)c1C. The fourth-order valence-electron chi connectivity index (χ4n) is 1.39. The summed E-state index contributed by atoms with van der Waals surface area (Å²) in [6.45, 7) is 7.06. The van der Waals surface area contributed by atoms with Gasteiger partial charge in [-0.2, -0.15) is 0 Å². The van der Waals surface area contributed by atoms with Crippen LogP contribution in [0.2, 0.25) is 0 Å². The van der Waals surface area contributed by atoms with Gasteiger partial charge in [-0.3, -0.25) is 4.98 Å². The van der Waals surface area contributed by atoms with Crippen molar-refractivity contribution in [2.45, 2.75) is 33.6 Å². The van der Waals surface area contributed by atoms with Crippen LogP contribution in [0.25, 0.3) is 0 Å². The molecule has 1 aromatic rings. The monoisotopic (exact) mass is 178 g/mol. The van der Waals surface area contributed by atoms with E-state index in [1.54, 1.807) is 0 Å². The first-order chi connectivity index (χ1) is 6.15. The van der Waals surface area contributed by atoms with Crippen LogP contribution in [0.5, 0.6) is 0 Å². The predicted octanol–water partition coefficient (Wildman–Crippen LogP) is 1.90. The van der Waals surface area contributed by atoms with Gasteiger partial charge in [-0.15, -0.1) is 0 Å². The number of aromatic nitrogens is 1. The van der Waals surface area contributed by atoms with Crippen LogP contribution in [0.1, 0.15) is 28.9 Å². The predicted molar refractivity (Wildman–Crippen MR) is 55.8 cm³/mol. The van der Waals surface area contributed by atoms with Gasteiger partial charge in [-0.1, -0.05) is 0 Å². The van der Waals surface area contributed by atoms with Gasteiger partial charge in [-0.25, -0.2) is 0 Å². The molecule has 1 heterocycles. The summed E-state index contributed by atoms with van der Waals surface area (Å²) in [4.78, 5) is 4.52. The van der Waals surface area contributed by atoms with E-state index in [1.165, 1.54) is 16.8 Å². The van der Waals surface area contributed by atoms with Crippen molar-refractivity contribution in [3.05, 3.63) is 28.6 Å². The third-order valence-electron chi connectivity index (χ3n) is 2.47. The van der Waals surface area contributed by atoms with E-state index in [9.17, 15) is 0 Å². The summed E-state index contributed by atoms with van der Waals surface area (Å²) in [7, 11) is 0. The highest BCUT2D eigenvalue weighted by Crippen LogP contribution is 2.12. The van der Waals surface area contributed by atoms with E-state index in [2.05, 4.69) is 31.8 Å². The Labute approximate surface area is 80.2 Å². The Morgan fingerprint density at radius 3 is 2.54 bits per heavy atom. The van der Waals surface area contributed by atoms with Crippen molar-refractivity contribution in [2.75, 3.05) is 6.54 Å². The van der Waals surface area contributed by atoms with Crippen LogP contribution in [-0.2, 0) is 6.42 Å². The van der Waals surface area contributed by atoms with Crippen molar-refractivity contribution in [2.24, 2.45) is 5.73 Å². The number of rotatable bonds is 3. The molecule has 0 aromatic carbocycles. The average Bonchev–Trinajstić information content (AvgIpc) is 2.10. The van der Waals surface area contributed by atoms with Crippen LogP contribution in [-0.4, -0.2) is 11.5 Å². The minimum absolute atomic E-state index is 0.744. The maximum atomic E-state index is 5.45. The first-order valence-corrected chi connectivity index (χ1v) is 4.79. The minimum Gasteiger partial charge on any atom is -0.330 e. The zero-order chi connectivity index (χ0) is 9.84. The zero-order valence-corrected chi connectivity index (χ0v) is 8.72. The van der Waals surface area contributed by atoms with Gasteiger partial charge in [0.15, 0.2) is 0 Å². The first kappa shape index (κ1) is 10.2. The highest BCUT2D eigenvalue weighted by atomic mass is 14.7. The second-order valence-electron chi connectivity index (χ2n) is 3.53. The topological polar surface area (TPSA) is 38.9 Å². The smallest absolute Gasteiger partial charge is 0.0410 e. The van der Waals surface area contributed by atoms with Crippen molar-refractivity contribution in [1.29, 1.82) is 0 Å². The molecular weight excluding hydrogens is 160 g/mol. The molecule has 0 atom stereocenters. The van der Waals surface area contributed by atoms with Crippen molar-refractivity contribution in [1.82, 2.24) is 4.98 Å². The molecule has 0 fully saturated rings. The molecule has 2 nitrogen and oxygen atoms in total. The fourth-order valence-corrected chi connectivity index (χ4v) is 1.39. The number of hydrogen-bond acceptors (Lipinski definition) is 2. The van der Waals surface area contributed by atoms with E-state index in [0.717, 1.165) is 25.1 Å². The van der Waals surface area contributed by atoms with Crippen LogP contribution < -0.4 is 5.73 Å². The molecule has 0 radical (unpaired) electrons. The lowest BCUT2D eigenvalue weighted by Gasteiger charge is -2.07. The van der Waals surface area contributed by atoms with Crippen molar-refractivity contribution in [3.63, 3.8) is 0 Å². The van der Waals surface area contributed by atoms with Crippen LogP contribution >= 0.6 is 0 Å². The number of aryl methyl sites for hydroxylation is 3. The average molecular weight is 178 g/mol. The molecule has 1 aromatic heterocycles. The summed E-state index contributed by atoms with van der Waals surface area (Å²) in [5.41, 5.74) is 10.4. The van der Waals surface area contributed by atoms with Crippen LogP contribution in [0.15, 0.2) is 6.07 Å². The Morgan fingerprint density at radius 2 is 2.00 bits per heavy atom. The molecule has 0 saturated carbocycles. The van der Waals surface area contributed by atoms with Gasteiger partial charge >= 0.3 is 0 Å². The van der Waals surface area contributed by atoms with E-state index in [-0.39, 0.29) is 0 Å². The summed E-state index contributed by atoms with van der Waals surface area (Å²) < 4.78 is 0. The Balaban J connectivity index is 2.86. The molecule has 2 heteroatoms. The fraction of sp³-hybridized carbons (Fsp3) is 0.545. The highest BCUT2D eigenvalue weighted by Gasteiger charge is 2.01. The summed E-state index contributed by atoms with van der Waals surface area (Å²) in [5.74, 6) is 0. The van der Waals surface area contributed by atoms with Gasteiger partial charge in [-0.05, 0) is 57.4 Å². The normalized spacial score (nSPS) is 10.5. The van der Waals surface area contributed by atoms with Gasteiger partial charge in [0.05, 0.1) is 0 Å². The lowest BCUT2D eigenvalue weighted by molar-refractivity contribution is 0.803. The molecule has 0 aliphatic carbocycles. The lowest BCUT2D eigenvalue weighted by atomic mass is 10.1. The second kappa shape index (κ2) is 4.38. The molecule has 1 rings (SSSR count). The number of pyridine rings is 1. The van der Waals surface area contributed by atoms with Crippen LogP contribution in [0.3, 0.4) is 0 Å². The molecule has 72 valence electrons. The van der Waals surface area contributed by atoms with Crippen LogP contribution in [0, 0.1) is 20.8 Å². The summed E-state index contributed by atoms with van der Waals surface area (Å²) in [6.07, 6.45) is 2.02. The first-order valence-electron chi connectivity index (χ1n) is 4.79. The molecule has 0 saturated heterocycles. The molecule has 0 unspecified atom stereocenters. The molecular formula is C11H18N2. The number of nitrogens with zero attached hydrogens (tertiary/aromatic N) is 1. The summed E-state index contributed by atoms with van der Waals surface area (Å²) >= 11 is 0. The van der Waals surface area contributed by atoms with Gasteiger partial charge in [0.2, 0.25) is 0 Å². The quantitative estimate of drug-likeness (QED) is 0.767. The molecule has 0 aliphatic rings. The van der Waals surface area contributed by atoms with Crippen LogP contribution in [0.4, 0.5) is 0 Å². The third kappa shape index (κ3) is 2.52. The van der Waals surface area contributed by atoms with Crippen molar-refractivity contribution < 1.29 is 0 Å². The molecule has 13 heavy (non-hydrogen) atoms. The van der Waals surface area contributed by atoms with E-state index < -0.39 is 0 Å². The van der Waals surface area contributed by atoms with Gasteiger partial charge < -0.3 is 5.73 Å². The lowest BCUT2D eigenvalue weighted by Crippen LogP contribution is -2.03. The molecule has 0 amide bonds. The largest absolute Gasteiger partial charge is 0.330 e. The Hall–Kier alpha value is -0.890. The number of nitrogens with two attached hydrogens (primary N) is 1. The standard InChI is InChI=1S/C11H18N2/c1-8-7-11(5-4-6-12)13-10(3)9(8)2/h7H,4-6,12H2,1-3H3. The van der Waals surface area contributed by atoms with E-state index in [4.69, 9.17) is 5.73 Å². The van der Waals surface area contributed by atoms with E-state index in [1.807, 2.05) is 0 Å². The van der Waals surface area contributed by atoms with Gasteiger partial charge in [0, 0.05) is 11.4 Å². The van der Waals surface area contributed by atoms with E-state index in [0.29, 0.717) is 0 Å². The second-order valence-corrected chi connectivity index (χ2v) is 3.53. The zero-order valence-electron chi connectivity index (χ0n) is 8.72. The molecule has 2 N–H and O–H groups in total. The third-order valence-corrected chi connectivity index (χ3v) is 2.47. The summed E-state index contributed by atoms with van der Waals surface area (Å²) in [6, 6.07) is 2.16. The maximum Gasteiger partial charge on any atom is 0.0410 e. The Kier molecular flexibility index (Phi) is 3.43. The van der Waals surface area contributed by atoms with E-state index >= 15 is 0 Å². The minimum atomic E-state index is 0.744. The summed E-state index contributed by atoms with van der Waals surface area (Å²) in [5, 5.41) is 0. The van der Waals surface area contributed by atoms with Gasteiger partial charge in [0.25, 0.3) is 0 Å². The Bertz CT molecular complexity index is 269. The molecule has 0 bridgehead atoms. The highest BCUT2D eigenvalue weighted by molar-refractivity contribution is 5.29. The van der Waals surface area contributed by atoms with Crippen molar-refractivity contribution in [3.8, 4) is 0 Å². The number of hydrogen-bond donors (Lipinski definition) is 1. The molecule has 0 aliphatic heterocycles. The maximum absolute atomic E-state index is 5.45. The Morgan fingerprint density at radius 1 is 1.31 bits per heavy atom. The van der Waals surface area contributed by atoms with Gasteiger partial charge in [0.1, 0.15) is 0 Å². The molecule has 0 spiro atoms.